The van der Waals surface area contributed by atoms with Crippen molar-refractivity contribution < 1.29 is 17.9 Å². The second kappa shape index (κ2) is 9.82. The second-order valence-corrected chi connectivity index (χ2v) is 7.19. The van der Waals surface area contributed by atoms with E-state index in [1.807, 2.05) is 31.2 Å². The molecule has 0 saturated carbocycles. The highest BCUT2D eigenvalue weighted by atomic mass is 32.2. The third kappa shape index (κ3) is 6.07. The summed E-state index contributed by atoms with van der Waals surface area (Å²) in [5.41, 5.74) is 0.766. The molecule has 0 bridgehead atoms. The summed E-state index contributed by atoms with van der Waals surface area (Å²) < 4.78 is 35.3. The average molecular weight is 376 g/mol. The summed E-state index contributed by atoms with van der Waals surface area (Å²) in [4.78, 5) is 2.32. The van der Waals surface area contributed by atoms with E-state index in [4.69, 9.17) is 9.47 Å². The average Bonchev–Trinajstić information content (AvgIpc) is 2.64. The summed E-state index contributed by atoms with van der Waals surface area (Å²) in [5.74, 6) is 1.40. The van der Waals surface area contributed by atoms with Crippen LogP contribution in [0.3, 0.4) is 0 Å². The minimum atomic E-state index is -3.71. The van der Waals surface area contributed by atoms with Gasteiger partial charge in [-0.25, -0.2) is 4.83 Å². The highest BCUT2D eigenvalue weighted by Crippen LogP contribution is 2.16. The zero-order chi connectivity index (χ0) is 18.8. The van der Waals surface area contributed by atoms with E-state index in [1.54, 1.807) is 12.1 Å². The van der Waals surface area contributed by atoms with Gasteiger partial charge in [-0.1, -0.05) is 13.3 Å². The first-order valence-corrected chi connectivity index (χ1v) is 10.0. The van der Waals surface area contributed by atoms with Crippen LogP contribution in [0.4, 0.5) is 0 Å². The number of ether oxygens (including phenoxy) is 2. The Bertz CT molecular complexity index is 800. The molecule has 0 fully saturated rings. The van der Waals surface area contributed by atoms with Gasteiger partial charge in [-0.05, 0) is 67.4 Å². The molecule has 6 nitrogen and oxygen atoms in total. The van der Waals surface area contributed by atoms with Crippen LogP contribution in [0, 0.1) is 0 Å². The van der Waals surface area contributed by atoms with Gasteiger partial charge in [0, 0.05) is 0 Å². The molecule has 0 aliphatic heterocycles. The fraction of sp³-hybridized carbons (Fsp3) is 0.316. The maximum atomic E-state index is 12.2. The molecule has 0 spiro atoms. The predicted octanol–water partition coefficient (Wildman–Crippen LogP) is 3.58. The standard InChI is InChI=1S/C19H24N2O4S/c1-3-5-14-25-18-8-6-16(7-9-18)15-20-21-26(22,23)19-12-10-17(11-13-19)24-4-2/h6-13,15,21H,3-5,14H2,1-2H3/b20-15-. The van der Waals surface area contributed by atoms with Crippen LogP contribution in [0.25, 0.3) is 0 Å². The van der Waals surface area contributed by atoms with Crippen molar-refractivity contribution in [1.82, 2.24) is 4.83 Å². The first-order chi connectivity index (χ1) is 12.5. The molecule has 0 unspecified atom stereocenters. The minimum Gasteiger partial charge on any atom is -0.494 e. The van der Waals surface area contributed by atoms with Gasteiger partial charge in [-0.15, -0.1) is 0 Å². The van der Waals surface area contributed by atoms with Gasteiger partial charge in [-0.2, -0.15) is 13.5 Å². The maximum absolute atomic E-state index is 12.2. The number of unbranched alkanes of at least 4 members (excludes halogenated alkanes) is 1. The quantitative estimate of drug-likeness (QED) is 0.391. The second-order valence-electron chi connectivity index (χ2n) is 5.53. The molecular weight excluding hydrogens is 352 g/mol. The summed E-state index contributed by atoms with van der Waals surface area (Å²) in [5, 5.41) is 3.82. The summed E-state index contributed by atoms with van der Waals surface area (Å²) in [7, 11) is -3.71. The van der Waals surface area contributed by atoms with Crippen LogP contribution in [-0.4, -0.2) is 27.8 Å². The molecule has 0 saturated heterocycles. The van der Waals surface area contributed by atoms with Crippen LogP contribution in [-0.2, 0) is 10.0 Å². The highest BCUT2D eigenvalue weighted by Gasteiger charge is 2.12. The van der Waals surface area contributed by atoms with Crippen LogP contribution in [0.15, 0.2) is 58.5 Å². The van der Waals surface area contributed by atoms with E-state index in [0.29, 0.717) is 19.0 Å². The van der Waals surface area contributed by atoms with Gasteiger partial charge in [-0.3, -0.25) is 0 Å². The van der Waals surface area contributed by atoms with Crippen molar-refractivity contribution in [2.24, 2.45) is 5.10 Å². The third-order valence-corrected chi connectivity index (χ3v) is 4.72. The largest absolute Gasteiger partial charge is 0.494 e. The number of sulfonamides is 1. The van der Waals surface area contributed by atoms with E-state index in [0.717, 1.165) is 24.2 Å². The molecule has 2 aromatic rings. The molecule has 0 amide bonds. The maximum Gasteiger partial charge on any atom is 0.276 e. The molecule has 0 heterocycles. The molecule has 0 aromatic heterocycles. The molecule has 0 aliphatic carbocycles. The zero-order valence-electron chi connectivity index (χ0n) is 15.0. The monoisotopic (exact) mass is 376 g/mol. The zero-order valence-corrected chi connectivity index (χ0v) is 15.8. The van der Waals surface area contributed by atoms with Crippen molar-refractivity contribution in [3.8, 4) is 11.5 Å². The fourth-order valence-corrected chi connectivity index (χ4v) is 2.88. The highest BCUT2D eigenvalue weighted by molar-refractivity contribution is 7.89. The molecule has 1 N–H and O–H groups in total. The van der Waals surface area contributed by atoms with E-state index in [-0.39, 0.29) is 4.90 Å². The number of rotatable bonds is 10. The lowest BCUT2D eigenvalue weighted by atomic mass is 10.2. The van der Waals surface area contributed by atoms with Crippen LogP contribution in [0.5, 0.6) is 11.5 Å². The summed E-state index contributed by atoms with van der Waals surface area (Å²) in [6.07, 6.45) is 3.54. The molecular formula is C19H24N2O4S. The first kappa shape index (κ1) is 19.8. The van der Waals surface area contributed by atoms with E-state index < -0.39 is 10.0 Å². The number of hydrogen-bond acceptors (Lipinski definition) is 5. The Kier molecular flexibility index (Phi) is 7.47. The van der Waals surface area contributed by atoms with Crippen molar-refractivity contribution in [3.05, 3.63) is 54.1 Å². The van der Waals surface area contributed by atoms with Crippen molar-refractivity contribution in [1.29, 1.82) is 0 Å². The molecule has 7 heteroatoms. The number of nitrogens with zero attached hydrogens (tertiary/aromatic N) is 1. The minimum absolute atomic E-state index is 0.123. The molecule has 0 radical (unpaired) electrons. The van der Waals surface area contributed by atoms with Crippen LogP contribution < -0.4 is 14.3 Å². The number of nitrogens with one attached hydrogen (secondary N) is 1. The van der Waals surface area contributed by atoms with Crippen molar-refractivity contribution >= 4 is 16.2 Å². The lowest BCUT2D eigenvalue weighted by molar-refractivity contribution is 0.309. The fourth-order valence-electron chi connectivity index (χ4n) is 2.09. The van der Waals surface area contributed by atoms with Gasteiger partial charge >= 0.3 is 0 Å². The first-order valence-electron chi connectivity index (χ1n) is 8.55. The van der Waals surface area contributed by atoms with E-state index in [9.17, 15) is 8.42 Å². The van der Waals surface area contributed by atoms with Crippen LogP contribution >= 0.6 is 0 Å². The third-order valence-electron chi connectivity index (χ3n) is 3.48. The topological polar surface area (TPSA) is 77.0 Å². The summed E-state index contributed by atoms with van der Waals surface area (Å²) >= 11 is 0. The normalized spacial score (nSPS) is 11.5. The van der Waals surface area contributed by atoms with E-state index >= 15 is 0 Å². The summed E-state index contributed by atoms with van der Waals surface area (Å²) in [6.45, 7) is 5.19. The Morgan fingerprint density at radius 3 is 2.19 bits per heavy atom. The van der Waals surface area contributed by atoms with E-state index in [2.05, 4.69) is 16.9 Å². The van der Waals surface area contributed by atoms with Gasteiger partial charge in [0.05, 0.1) is 24.3 Å². The Labute approximate surface area is 154 Å². The Balaban J connectivity index is 1.93. The Morgan fingerprint density at radius 2 is 1.58 bits per heavy atom. The molecule has 0 atom stereocenters. The smallest absolute Gasteiger partial charge is 0.276 e. The van der Waals surface area contributed by atoms with Crippen molar-refractivity contribution in [3.63, 3.8) is 0 Å². The number of benzene rings is 2. The molecule has 140 valence electrons. The van der Waals surface area contributed by atoms with E-state index in [1.165, 1.54) is 18.3 Å². The lowest BCUT2D eigenvalue weighted by Crippen LogP contribution is -2.18. The van der Waals surface area contributed by atoms with Gasteiger partial charge in [0.2, 0.25) is 0 Å². The SMILES string of the molecule is CCCCOc1ccc(/C=N\NS(=O)(=O)c2ccc(OCC)cc2)cc1. The Morgan fingerprint density at radius 1 is 0.962 bits per heavy atom. The molecule has 2 aromatic carbocycles. The summed E-state index contributed by atoms with van der Waals surface area (Å²) in [6, 6.07) is 13.5. The lowest BCUT2D eigenvalue weighted by Gasteiger charge is -2.06. The van der Waals surface area contributed by atoms with Crippen molar-refractivity contribution in [2.45, 2.75) is 31.6 Å². The number of hydrogen-bond donors (Lipinski definition) is 1. The molecule has 0 aliphatic rings. The van der Waals surface area contributed by atoms with Gasteiger partial charge in [0.25, 0.3) is 10.0 Å². The van der Waals surface area contributed by atoms with Crippen LogP contribution in [0.2, 0.25) is 0 Å². The molecule has 2 rings (SSSR count). The van der Waals surface area contributed by atoms with Gasteiger partial charge < -0.3 is 9.47 Å². The Hall–Kier alpha value is -2.54. The van der Waals surface area contributed by atoms with Gasteiger partial charge in [0.1, 0.15) is 11.5 Å². The molecule has 26 heavy (non-hydrogen) atoms. The predicted molar refractivity (Wildman–Crippen MR) is 102 cm³/mol. The van der Waals surface area contributed by atoms with Gasteiger partial charge in [0.15, 0.2) is 0 Å². The number of hydrazone groups is 1. The van der Waals surface area contributed by atoms with Crippen LogP contribution in [0.1, 0.15) is 32.3 Å². The van der Waals surface area contributed by atoms with Crippen molar-refractivity contribution in [2.75, 3.05) is 13.2 Å².